The van der Waals surface area contributed by atoms with Crippen LogP contribution in [0.3, 0.4) is 0 Å². The van der Waals surface area contributed by atoms with Gasteiger partial charge in [0.25, 0.3) is 0 Å². The summed E-state index contributed by atoms with van der Waals surface area (Å²) in [6, 6.07) is 4.81. The summed E-state index contributed by atoms with van der Waals surface area (Å²) in [5.74, 6) is -0.407. The molecular weight excluding hydrogens is 298 g/mol. The van der Waals surface area contributed by atoms with Crippen LogP contribution in [0.25, 0.3) is 0 Å². The molecule has 0 spiro atoms. The van der Waals surface area contributed by atoms with Gasteiger partial charge in [-0.15, -0.1) is 0 Å². The van der Waals surface area contributed by atoms with E-state index in [9.17, 15) is 14.4 Å². The van der Waals surface area contributed by atoms with Crippen molar-refractivity contribution in [2.75, 3.05) is 14.2 Å². The minimum Gasteiger partial charge on any atom is -0.496 e. The Labute approximate surface area is 135 Å². The van der Waals surface area contributed by atoms with E-state index >= 15 is 0 Å². The molecular formula is C17H21NO5. The third-order valence-electron chi connectivity index (χ3n) is 3.90. The van der Waals surface area contributed by atoms with Crippen LogP contribution in [0.2, 0.25) is 0 Å². The van der Waals surface area contributed by atoms with Gasteiger partial charge in [-0.1, -0.05) is 19.9 Å². The van der Waals surface area contributed by atoms with Crippen molar-refractivity contribution in [3.8, 4) is 5.75 Å². The number of imide groups is 1. The molecule has 2 rings (SSSR count). The topological polar surface area (TPSA) is 72.9 Å². The Bertz CT molecular complexity index is 630. The highest BCUT2D eigenvalue weighted by Crippen LogP contribution is 2.33. The third kappa shape index (κ3) is 3.70. The highest BCUT2D eigenvalue weighted by Gasteiger charge is 2.37. The van der Waals surface area contributed by atoms with Crippen molar-refractivity contribution in [2.24, 2.45) is 5.41 Å². The molecule has 1 aliphatic rings. The maximum atomic E-state index is 12.2. The molecule has 0 saturated carbocycles. The largest absolute Gasteiger partial charge is 0.496 e. The van der Waals surface area contributed by atoms with Crippen LogP contribution in [0, 0.1) is 5.41 Å². The van der Waals surface area contributed by atoms with Crippen LogP contribution in [0.15, 0.2) is 18.2 Å². The van der Waals surface area contributed by atoms with Gasteiger partial charge >= 0.3 is 5.97 Å². The van der Waals surface area contributed by atoms with E-state index in [1.54, 1.807) is 18.2 Å². The number of amides is 2. The van der Waals surface area contributed by atoms with Crippen LogP contribution >= 0.6 is 0 Å². The lowest BCUT2D eigenvalue weighted by atomic mass is 9.81. The molecule has 124 valence electrons. The molecule has 1 heterocycles. The van der Waals surface area contributed by atoms with E-state index in [2.05, 4.69) is 4.74 Å². The van der Waals surface area contributed by atoms with Crippen LogP contribution in [0.4, 0.5) is 0 Å². The van der Waals surface area contributed by atoms with Crippen molar-refractivity contribution in [1.82, 2.24) is 4.90 Å². The first kappa shape index (κ1) is 17.0. The Kier molecular flexibility index (Phi) is 4.73. The number of rotatable bonds is 4. The van der Waals surface area contributed by atoms with Crippen molar-refractivity contribution in [3.05, 3.63) is 29.3 Å². The lowest BCUT2D eigenvalue weighted by Crippen LogP contribution is -2.45. The van der Waals surface area contributed by atoms with E-state index in [1.165, 1.54) is 19.1 Å². The first-order valence-electron chi connectivity index (χ1n) is 7.36. The lowest BCUT2D eigenvalue weighted by Gasteiger charge is -2.34. The predicted octanol–water partition coefficient (Wildman–Crippen LogP) is 2.16. The Hall–Kier alpha value is -2.37. The zero-order valence-corrected chi connectivity index (χ0v) is 13.8. The fourth-order valence-electron chi connectivity index (χ4n) is 2.68. The molecule has 0 atom stereocenters. The van der Waals surface area contributed by atoms with Crippen LogP contribution in [0.1, 0.15) is 42.6 Å². The molecule has 0 unspecified atom stereocenters. The quantitative estimate of drug-likeness (QED) is 0.628. The number of piperidine rings is 1. The molecule has 0 N–H and O–H groups in total. The normalized spacial score (nSPS) is 17.1. The van der Waals surface area contributed by atoms with E-state index in [0.29, 0.717) is 29.7 Å². The number of carbonyl (C=O) groups is 3. The molecule has 1 saturated heterocycles. The van der Waals surface area contributed by atoms with Gasteiger partial charge in [-0.2, -0.15) is 0 Å². The summed E-state index contributed by atoms with van der Waals surface area (Å²) in [5.41, 5.74) is 0.718. The summed E-state index contributed by atoms with van der Waals surface area (Å²) >= 11 is 0. The van der Waals surface area contributed by atoms with Gasteiger partial charge < -0.3 is 9.47 Å². The second-order valence-electron chi connectivity index (χ2n) is 6.41. The molecule has 23 heavy (non-hydrogen) atoms. The number of carbonyl (C=O) groups excluding carboxylic acids is 3. The van der Waals surface area contributed by atoms with E-state index in [4.69, 9.17) is 4.74 Å². The number of methoxy groups -OCH3 is 2. The number of hydrogen-bond acceptors (Lipinski definition) is 5. The van der Waals surface area contributed by atoms with Gasteiger partial charge in [0.05, 0.1) is 26.3 Å². The number of likely N-dealkylation sites (tertiary alicyclic amines) is 1. The van der Waals surface area contributed by atoms with Crippen molar-refractivity contribution < 1.29 is 23.9 Å². The fraction of sp³-hybridized carbons (Fsp3) is 0.471. The highest BCUT2D eigenvalue weighted by atomic mass is 16.5. The van der Waals surface area contributed by atoms with Gasteiger partial charge in [0.1, 0.15) is 5.75 Å². The SMILES string of the molecule is COC(=O)c1ccc(CN2C(=O)CC(C)(C)CC2=O)c(OC)c1. The van der Waals surface area contributed by atoms with Crippen LogP contribution in [-0.2, 0) is 20.9 Å². The third-order valence-corrected chi connectivity index (χ3v) is 3.90. The molecule has 0 bridgehead atoms. The second-order valence-corrected chi connectivity index (χ2v) is 6.41. The highest BCUT2D eigenvalue weighted by molar-refractivity contribution is 5.98. The minimum absolute atomic E-state index is 0.137. The smallest absolute Gasteiger partial charge is 0.337 e. The molecule has 1 aliphatic heterocycles. The van der Waals surface area contributed by atoms with E-state index in [0.717, 1.165) is 0 Å². The summed E-state index contributed by atoms with van der Waals surface area (Å²) in [7, 11) is 2.78. The van der Waals surface area contributed by atoms with E-state index in [-0.39, 0.29) is 23.8 Å². The minimum atomic E-state index is -0.471. The average Bonchev–Trinajstić information content (AvgIpc) is 2.49. The molecule has 0 radical (unpaired) electrons. The van der Waals surface area contributed by atoms with Gasteiger partial charge in [-0.25, -0.2) is 4.79 Å². The summed E-state index contributed by atoms with van der Waals surface area (Å²) in [6.07, 6.45) is 0.669. The van der Waals surface area contributed by atoms with Crippen molar-refractivity contribution >= 4 is 17.8 Å². The molecule has 1 aromatic rings. The molecule has 0 aliphatic carbocycles. The van der Waals surface area contributed by atoms with Gasteiger partial charge in [0.2, 0.25) is 11.8 Å². The summed E-state index contributed by atoms with van der Waals surface area (Å²) in [6.45, 7) is 3.95. The van der Waals surface area contributed by atoms with Gasteiger partial charge in [-0.05, 0) is 17.5 Å². The Morgan fingerprint density at radius 1 is 1.17 bits per heavy atom. The van der Waals surface area contributed by atoms with Crippen molar-refractivity contribution in [2.45, 2.75) is 33.2 Å². The zero-order chi connectivity index (χ0) is 17.2. The van der Waals surface area contributed by atoms with E-state index < -0.39 is 5.97 Å². The Morgan fingerprint density at radius 2 is 1.78 bits per heavy atom. The molecule has 6 nitrogen and oxygen atoms in total. The van der Waals surface area contributed by atoms with Crippen LogP contribution in [0.5, 0.6) is 5.75 Å². The molecule has 2 amide bonds. The van der Waals surface area contributed by atoms with Crippen molar-refractivity contribution in [1.29, 1.82) is 0 Å². The first-order valence-corrected chi connectivity index (χ1v) is 7.36. The van der Waals surface area contributed by atoms with Crippen LogP contribution in [-0.4, -0.2) is 36.9 Å². The number of esters is 1. The number of ether oxygens (including phenoxy) is 2. The van der Waals surface area contributed by atoms with Gasteiger partial charge in [0, 0.05) is 18.4 Å². The fourth-order valence-corrected chi connectivity index (χ4v) is 2.68. The summed E-state index contributed by atoms with van der Waals surface area (Å²) in [4.78, 5) is 37.3. The van der Waals surface area contributed by atoms with E-state index in [1.807, 2.05) is 13.8 Å². The average molecular weight is 319 g/mol. The monoisotopic (exact) mass is 319 g/mol. The zero-order valence-electron chi connectivity index (χ0n) is 13.8. The molecule has 0 aromatic heterocycles. The van der Waals surface area contributed by atoms with Gasteiger partial charge in [0.15, 0.2) is 0 Å². The van der Waals surface area contributed by atoms with Crippen molar-refractivity contribution in [3.63, 3.8) is 0 Å². The maximum Gasteiger partial charge on any atom is 0.337 e. The number of hydrogen-bond donors (Lipinski definition) is 0. The standard InChI is InChI=1S/C17H21NO5/c1-17(2)8-14(19)18(15(20)9-17)10-12-6-5-11(16(21)23-4)7-13(12)22-3/h5-7H,8-10H2,1-4H3. The molecule has 6 heteroatoms. The summed E-state index contributed by atoms with van der Waals surface area (Å²) in [5, 5.41) is 0. The molecule has 1 aromatic carbocycles. The lowest BCUT2D eigenvalue weighted by molar-refractivity contribution is -0.153. The maximum absolute atomic E-state index is 12.2. The first-order chi connectivity index (χ1) is 10.8. The van der Waals surface area contributed by atoms with Gasteiger partial charge in [-0.3, -0.25) is 14.5 Å². The number of nitrogens with zero attached hydrogens (tertiary/aromatic N) is 1. The van der Waals surface area contributed by atoms with Crippen LogP contribution < -0.4 is 4.74 Å². The second kappa shape index (κ2) is 6.40. The summed E-state index contributed by atoms with van der Waals surface area (Å²) < 4.78 is 9.95. The Morgan fingerprint density at radius 3 is 2.30 bits per heavy atom. The molecule has 1 fully saturated rings. The Balaban J connectivity index is 2.24. The predicted molar refractivity (Wildman–Crippen MR) is 82.9 cm³/mol. The number of benzene rings is 1.